The van der Waals surface area contributed by atoms with Crippen LogP contribution in [0.5, 0.6) is 17.4 Å². The van der Waals surface area contributed by atoms with Crippen LogP contribution < -0.4 is 14.4 Å². The van der Waals surface area contributed by atoms with Crippen molar-refractivity contribution in [1.29, 1.82) is 0 Å². The summed E-state index contributed by atoms with van der Waals surface area (Å²) in [6.07, 6.45) is 1.54. The van der Waals surface area contributed by atoms with Crippen LogP contribution in [0.4, 0.5) is 5.95 Å². The summed E-state index contributed by atoms with van der Waals surface area (Å²) < 4.78 is 15.5. The summed E-state index contributed by atoms with van der Waals surface area (Å²) >= 11 is 0. The van der Waals surface area contributed by atoms with Crippen molar-refractivity contribution in [1.82, 2.24) is 9.97 Å². The Bertz CT molecular complexity index is 656. The van der Waals surface area contributed by atoms with Gasteiger partial charge in [0.25, 0.3) is 5.88 Å². The quantitative estimate of drug-likeness (QED) is 0.783. The fraction of sp³-hybridized carbons (Fsp3) is 0.267. The predicted octanol–water partition coefficient (Wildman–Crippen LogP) is 2.13. The van der Waals surface area contributed by atoms with Crippen LogP contribution >= 0.6 is 0 Å². The molecule has 1 aromatic heterocycles. The number of benzene rings is 1. The van der Waals surface area contributed by atoms with E-state index in [1.54, 1.807) is 35.4 Å². The van der Waals surface area contributed by atoms with Crippen molar-refractivity contribution in [2.45, 2.75) is 0 Å². The molecule has 0 aliphatic heterocycles. The van der Waals surface area contributed by atoms with Crippen molar-refractivity contribution in [2.24, 2.45) is 0 Å². The molecular formula is C15H17N3O4. The third-order valence-corrected chi connectivity index (χ3v) is 2.82. The first-order valence-electron chi connectivity index (χ1n) is 6.49. The van der Waals surface area contributed by atoms with E-state index in [0.29, 0.717) is 28.9 Å². The Balaban J connectivity index is 2.25. The Kier molecular flexibility index (Phi) is 4.77. The van der Waals surface area contributed by atoms with Crippen LogP contribution in [-0.2, 0) is 4.74 Å². The Morgan fingerprint density at radius 3 is 2.36 bits per heavy atom. The second kappa shape index (κ2) is 6.75. The molecule has 0 aliphatic carbocycles. The van der Waals surface area contributed by atoms with Gasteiger partial charge in [0.15, 0.2) is 5.75 Å². The molecule has 0 amide bonds. The smallest absolute Gasteiger partial charge is 0.337 e. The van der Waals surface area contributed by atoms with Crippen LogP contribution in [-0.4, -0.2) is 44.3 Å². The van der Waals surface area contributed by atoms with Gasteiger partial charge in [-0.1, -0.05) is 0 Å². The van der Waals surface area contributed by atoms with Crippen LogP contribution in [0, 0.1) is 0 Å². The van der Waals surface area contributed by atoms with Crippen LogP contribution in [0.25, 0.3) is 0 Å². The molecule has 1 aromatic carbocycles. The van der Waals surface area contributed by atoms with Gasteiger partial charge in [0.1, 0.15) is 5.75 Å². The van der Waals surface area contributed by atoms with Crippen molar-refractivity contribution in [2.75, 3.05) is 33.2 Å². The molecule has 2 aromatic rings. The molecule has 0 N–H and O–H groups in total. The number of rotatable bonds is 5. The molecule has 0 atom stereocenters. The van der Waals surface area contributed by atoms with E-state index in [1.807, 2.05) is 14.1 Å². The normalized spacial score (nSPS) is 10.0. The lowest BCUT2D eigenvalue weighted by Gasteiger charge is -2.14. The Morgan fingerprint density at radius 2 is 1.82 bits per heavy atom. The lowest BCUT2D eigenvalue weighted by atomic mass is 10.2. The molecule has 0 aliphatic rings. The van der Waals surface area contributed by atoms with Gasteiger partial charge >= 0.3 is 5.97 Å². The number of anilines is 1. The van der Waals surface area contributed by atoms with E-state index in [-0.39, 0.29) is 0 Å². The van der Waals surface area contributed by atoms with Crippen molar-refractivity contribution in [3.63, 3.8) is 0 Å². The van der Waals surface area contributed by atoms with Gasteiger partial charge in [-0.05, 0) is 24.3 Å². The van der Waals surface area contributed by atoms with E-state index < -0.39 is 5.97 Å². The molecule has 2 rings (SSSR count). The van der Waals surface area contributed by atoms with Crippen molar-refractivity contribution < 1.29 is 19.0 Å². The zero-order valence-corrected chi connectivity index (χ0v) is 12.9. The number of hydrogen-bond acceptors (Lipinski definition) is 7. The summed E-state index contributed by atoms with van der Waals surface area (Å²) in [5, 5.41) is 0. The van der Waals surface area contributed by atoms with Gasteiger partial charge in [-0.2, -0.15) is 4.98 Å². The number of carbonyl (C=O) groups excluding carboxylic acids is 1. The molecule has 0 fully saturated rings. The Labute approximate surface area is 128 Å². The van der Waals surface area contributed by atoms with E-state index in [9.17, 15) is 4.79 Å². The zero-order valence-electron chi connectivity index (χ0n) is 12.9. The minimum absolute atomic E-state index is 0.298. The van der Waals surface area contributed by atoms with Gasteiger partial charge in [-0.25, -0.2) is 9.78 Å². The monoisotopic (exact) mass is 303 g/mol. The van der Waals surface area contributed by atoms with Crippen LogP contribution in [0.1, 0.15) is 10.4 Å². The maximum Gasteiger partial charge on any atom is 0.337 e. The maximum absolute atomic E-state index is 11.4. The predicted molar refractivity (Wildman–Crippen MR) is 80.8 cm³/mol. The number of esters is 1. The van der Waals surface area contributed by atoms with Gasteiger partial charge in [-0.3, -0.25) is 0 Å². The van der Waals surface area contributed by atoms with E-state index in [4.69, 9.17) is 9.47 Å². The Morgan fingerprint density at radius 1 is 1.14 bits per heavy atom. The highest BCUT2D eigenvalue weighted by Gasteiger charge is 2.12. The van der Waals surface area contributed by atoms with Crippen LogP contribution in [0.2, 0.25) is 0 Å². The largest absolute Gasteiger partial charge is 0.490 e. The topological polar surface area (TPSA) is 73.8 Å². The van der Waals surface area contributed by atoms with Gasteiger partial charge in [0, 0.05) is 14.1 Å². The average Bonchev–Trinajstić information content (AvgIpc) is 2.54. The summed E-state index contributed by atoms with van der Waals surface area (Å²) in [7, 11) is 6.51. The fourth-order valence-corrected chi connectivity index (χ4v) is 1.66. The number of carbonyl (C=O) groups is 1. The summed E-state index contributed by atoms with van der Waals surface area (Å²) in [6.45, 7) is 0. The lowest BCUT2D eigenvalue weighted by molar-refractivity contribution is 0.0600. The molecule has 116 valence electrons. The van der Waals surface area contributed by atoms with E-state index in [1.165, 1.54) is 14.2 Å². The summed E-state index contributed by atoms with van der Waals surface area (Å²) in [4.78, 5) is 21.6. The number of methoxy groups -OCH3 is 2. The lowest BCUT2D eigenvalue weighted by Crippen LogP contribution is -2.13. The van der Waals surface area contributed by atoms with Gasteiger partial charge < -0.3 is 19.1 Å². The van der Waals surface area contributed by atoms with E-state index >= 15 is 0 Å². The molecule has 0 radical (unpaired) electrons. The summed E-state index contributed by atoms with van der Waals surface area (Å²) in [5.74, 6) is 1.34. The molecule has 0 bridgehead atoms. The van der Waals surface area contributed by atoms with Crippen LogP contribution in [0.15, 0.2) is 30.5 Å². The molecule has 0 unspecified atom stereocenters. The maximum atomic E-state index is 11.4. The molecule has 0 saturated carbocycles. The van der Waals surface area contributed by atoms with Gasteiger partial charge in [0.05, 0.1) is 26.0 Å². The average molecular weight is 303 g/mol. The SMILES string of the molecule is COC(=O)c1ccc(Oc2nc(N(C)C)ncc2OC)cc1. The first-order chi connectivity index (χ1) is 10.5. The molecule has 7 heteroatoms. The summed E-state index contributed by atoms with van der Waals surface area (Å²) in [5.41, 5.74) is 0.443. The molecule has 1 heterocycles. The fourth-order valence-electron chi connectivity index (χ4n) is 1.66. The highest BCUT2D eigenvalue weighted by Crippen LogP contribution is 2.30. The molecular weight excluding hydrogens is 286 g/mol. The highest BCUT2D eigenvalue weighted by atomic mass is 16.5. The minimum atomic E-state index is -0.402. The number of aromatic nitrogens is 2. The van der Waals surface area contributed by atoms with Crippen LogP contribution in [0.3, 0.4) is 0 Å². The molecule has 0 saturated heterocycles. The molecule has 7 nitrogen and oxygen atoms in total. The van der Waals surface area contributed by atoms with Crippen molar-refractivity contribution in [3.05, 3.63) is 36.0 Å². The highest BCUT2D eigenvalue weighted by molar-refractivity contribution is 5.89. The van der Waals surface area contributed by atoms with Gasteiger partial charge in [0.2, 0.25) is 5.95 Å². The van der Waals surface area contributed by atoms with Crippen molar-refractivity contribution in [3.8, 4) is 17.4 Å². The third kappa shape index (κ3) is 3.43. The van der Waals surface area contributed by atoms with E-state index in [2.05, 4.69) is 14.7 Å². The zero-order chi connectivity index (χ0) is 16.1. The van der Waals surface area contributed by atoms with Crippen molar-refractivity contribution >= 4 is 11.9 Å². The standard InChI is InChI=1S/C15H17N3O4/c1-18(2)15-16-9-12(20-3)13(17-15)22-11-7-5-10(6-8-11)14(19)21-4/h5-9H,1-4H3. The first-order valence-corrected chi connectivity index (χ1v) is 6.49. The number of nitrogens with zero attached hydrogens (tertiary/aromatic N) is 3. The second-order valence-electron chi connectivity index (χ2n) is 4.56. The van der Waals surface area contributed by atoms with Gasteiger partial charge in [-0.15, -0.1) is 0 Å². The summed E-state index contributed by atoms with van der Waals surface area (Å²) in [6, 6.07) is 6.54. The number of ether oxygens (including phenoxy) is 3. The molecule has 22 heavy (non-hydrogen) atoms. The second-order valence-corrected chi connectivity index (χ2v) is 4.56. The minimum Gasteiger partial charge on any atom is -0.490 e. The van der Waals surface area contributed by atoms with E-state index in [0.717, 1.165) is 0 Å². The third-order valence-electron chi connectivity index (χ3n) is 2.82. The number of hydrogen-bond donors (Lipinski definition) is 0. The first kappa shape index (κ1) is 15.6. The Hall–Kier alpha value is -2.83. The molecule has 0 spiro atoms.